The normalized spacial score (nSPS) is 9.33. The summed E-state index contributed by atoms with van der Waals surface area (Å²) in [6.45, 7) is 0. The maximum atomic E-state index is 5.70. The van der Waals surface area contributed by atoms with Gasteiger partial charge >= 0.3 is 0 Å². The first-order valence-corrected chi connectivity index (χ1v) is 4.47. The average Bonchev–Trinajstić information content (AvgIpc) is 2.19. The van der Waals surface area contributed by atoms with E-state index in [1.54, 1.807) is 0 Å². The van der Waals surface area contributed by atoms with E-state index in [1.807, 2.05) is 48.5 Å². The Morgan fingerprint density at radius 3 is 1.93 bits per heavy atom. The summed E-state index contributed by atoms with van der Waals surface area (Å²) in [5, 5.41) is 0. The summed E-state index contributed by atoms with van der Waals surface area (Å²) >= 11 is 0. The molecule has 0 radical (unpaired) electrons. The topological polar surface area (TPSA) is 52.0 Å². The molecule has 15 heavy (non-hydrogen) atoms. The summed E-state index contributed by atoms with van der Waals surface area (Å²) in [6.07, 6.45) is 0. The second-order valence-electron chi connectivity index (χ2n) is 3.25. The fourth-order valence-electron chi connectivity index (χ4n) is 1.39. The molecule has 3 heteroatoms. The molecule has 0 aromatic heterocycles. The van der Waals surface area contributed by atoms with Crippen molar-refractivity contribution in [2.75, 3.05) is 11.5 Å². The van der Waals surface area contributed by atoms with Gasteiger partial charge in [-0.25, -0.2) is 0 Å². The Morgan fingerprint density at radius 1 is 0.667 bits per heavy atom. The molecule has 2 aromatic carbocycles. The zero-order valence-electron chi connectivity index (χ0n) is 8.27. The van der Waals surface area contributed by atoms with E-state index in [0.29, 0.717) is 0 Å². The highest BCUT2D eigenvalue weighted by atomic mass is 32.1. The molecule has 0 bridgehead atoms. The fourth-order valence-corrected chi connectivity index (χ4v) is 1.39. The molecular formula is C12H14N2S. The Bertz CT molecular complexity index is 438. The first-order chi connectivity index (χ1) is 6.75. The van der Waals surface area contributed by atoms with Crippen molar-refractivity contribution in [1.29, 1.82) is 0 Å². The third-order valence-corrected chi connectivity index (χ3v) is 2.13. The Balaban J connectivity index is 0.00000112. The number of anilines is 2. The van der Waals surface area contributed by atoms with Gasteiger partial charge in [0.15, 0.2) is 0 Å². The first kappa shape index (κ1) is 11.5. The maximum Gasteiger partial charge on any atom is 0.0320 e. The number of hydrogen-bond acceptors (Lipinski definition) is 2. The van der Waals surface area contributed by atoms with E-state index >= 15 is 0 Å². The molecule has 0 unspecified atom stereocenters. The SMILES string of the molecule is Nc1ccc(-c2cccc(N)c2)cc1.S. The Morgan fingerprint density at radius 2 is 1.33 bits per heavy atom. The largest absolute Gasteiger partial charge is 0.399 e. The highest BCUT2D eigenvalue weighted by Gasteiger charge is 1.96. The summed E-state index contributed by atoms with van der Waals surface area (Å²) in [5.41, 5.74) is 15.1. The van der Waals surface area contributed by atoms with Crippen LogP contribution in [0.5, 0.6) is 0 Å². The molecule has 0 spiro atoms. The lowest BCUT2D eigenvalue weighted by atomic mass is 10.1. The minimum absolute atomic E-state index is 0. The van der Waals surface area contributed by atoms with Crippen molar-refractivity contribution in [1.82, 2.24) is 0 Å². The molecule has 0 fully saturated rings. The summed E-state index contributed by atoms with van der Waals surface area (Å²) in [6, 6.07) is 15.6. The lowest BCUT2D eigenvalue weighted by molar-refractivity contribution is 1.61. The molecule has 0 saturated carbocycles. The van der Waals surface area contributed by atoms with E-state index in [9.17, 15) is 0 Å². The average molecular weight is 218 g/mol. The van der Waals surface area contributed by atoms with Crippen LogP contribution in [0.25, 0.3) is 11.1 Å². The minimum atomic E-state index is 0. The number of rotatable bonds is 1. The van der Waals surface area contributed by atoms with Gasteiger partial charge in [0.2, 0.25) is 0 Å². The van der Waals surface area contributed by atoms with Crippen LogP contribution in [0.2, 0.25) is 0 Å². The van der Waals surface area contributed by atoms with Crippen molar-refractivity contribution in [3.8, 4) is 11.1 Å². The van der Waals surface area contributed by atoms with E-state index in [-0.39, 0.29) is 13.5 Å². The Hall–Kier alpha value is -1.61. The van der Waals surface area contributed by atoms with Crippen LogP contribution in [0.3, 0.4) is 0 Å². The maximum absolute atomic E-state index is 5.70. The lowest BCUT2D eigenvalue weighted by Gasteiger charge is -2.02. The van der Waals surface area contributed by atoms with Crippen LogP contribution in [0.1, 0.15) is 0 Å². The first-order valence-electron chi connectivity index (χ1n) is 4.47. The van der Waals surface area contributed by atoms with Gasteiger partial charge in [0.25, 0.3) is 0 Å². The van der Waals surface area contributed by atoms with Gasteiger partial charge in [-0.3, -0.25) is 0 Å². The summed E-state index contributed by atoms with van der Waals surface area (Å²) in [5.74, 6) is 0. The van der Waals surface area contributed by atoms with Gasteiger partial charge in [0, 0.05) is 11.4 Å². The second-order valence-corrected chi connectivity index (χ2v) is 3.25. The number of benzene rings is 2. The highest BCUT2D eigenvalue weighted by Crippen LogP contribution is 2.22. The molecule has 2 aromatic rings. The van der Waals surface area contributed by atoms with Gasteiger partial charge in [-0.1, -0.05) is 24.3 Å². The van der Waals surface area contributed by atoms with Gasteiger partial charge in [0.1, 0.15) is 0 Å². The number of nitrogens with two attached hydrogens (primary N) is 2. The Kier molecular flexibility index (Phi) is 3.63. The standard InChI is InChI=1S/C12H12N2.H2S/c13-11-6-4-9(5-7-11)10-2-1-3-12(14)8-10;/h1-8H,13-14H2;1H2. The summed E-state index contributed by atoms with van der Waals surface area (Å²) in [4.78, 5) is 0. The van der Waals surface area contributed by atoms with E-state index in [2.05, 4.69) is 0 Å². The van der Waals surface area contributed by atoms with Crippen LogP contribution in [0.15, 0.2) is 48.5 Å². The quantitative estimate of drug-likeness (QED) is 0.723. The van der Waals surface area contributed by atoms with E-state index in [0.717, 1.165) is 22.5 Å². The van der Waals surface area contributed by atoms with E-state index < -0.39 is 0 Å². The van der Waals surface area contributed by atoms with Gasteiger partial charge in [-0.2, -0.15) is 13.5 Å². The molecule has 0 amide bonds. The van der Waals surface area contributed by atoms with Crippen molar-refractivity contribution in [3.05, 3.63) is 48.5 Å². The molecule has 0 aliphatic heterocycles. The molecule has 0 atom stereocenters. The highest BCUT2D eigenvalue weighted by molar-refractivity contribution is 7.59. The molecule has 0 saturated heterocycles. The van der Waals surface area contributed by atoms with Crippen LogP contribution in [0, 0.1) is 0 Å². The predicted octanol–water partition coefficient (Wildman–Crippen LogP) is 2.63. The van der Waals surface area contributed by atoms with Crippen molar-refractivity contribution < 1.29 is 0 Å². The fraction of sp³-hybridized carbons (Fsp3) is 0. The van der Waals surface area contributed by atoms with Crippen molar-refractivity contribution in [2.45, 2.75) is 0 Å². The molecule has 0 aliphatic carbocycles. The van der Waals surface area contributed by atoms with Crippen LogP contribution in [0.4, 0.5) is 11.4 Å². The zero-order valence-corrected chi connectivity index (χ0v) is 9.27. The van der Waals surface area contributed by atoms with Gasteiger partial charge in [-0.15, -0.1) is 0 Å². The zero-order chi connectivity index (χ0) is 9.97. The number of hydrogen-bond donors (Lipinski definition) is 2. The van der Waals surface area contributed by atoms with Crippen molar-refractivity contribution in [2.24, 2.45) is 0 Å². The predicted molar refractivity (Wildman–Crippen MR) is 71.1 cm³/mol. The van der Waals surface area contributed by atoms with Crippen molar-refractivity contribution >= 4 is 24.9 Å². The molecule has 2 nitrogen and oxygen atoms in total. The molecule has 2 rings (SSSR count). The smallest absolute Gasteiger partial charge is 0.0320 e. The second kappa shape index (κ2) is 4.75. The number of nitrogen functional groups attached to an aromatic ring is 2. The van der Waals surface area contributed by atoms with Crippen LogP contribution in [-0.2, 0) is 0 Å². The Labute approximate surface area is 96.4 Å². The minimum Gasteiger partial charge on any atom is -0.399 e. The van der Waals surface area contributed by atoms with Crippen LogP contribution >= 0.6 is 13.5 Å². The third-order valence-electron chi connectivity index (χ3n) is 2.13. The molecule has 4 N–H and O–H groups in total. The van der Waals surface area contributed by atoms with E-state index in [1.165, 1.54) is 0 Å². The molecule has 0 aliphatic rings. The van der Waals surface area contributed by atoms with Gasteiger partial charge in [-0.05, 0) is 35.4 Å². The summed E-state index contributed by atoms with van der Waals surface area (Å²) in [7, 11) is 0. The van der Waals surface area contributed by atoms with Crippen molar-refractivity contribution in [3.63, 3.8) is 0 Å². The monoisotopic (exact) mass is 218 g/mol. The lowest BCUT2D eigenvalue weighted by Crippen LogP contribution is -1.86. The molecule has 78 valence electrons. The molecule has 0 heterocycles. The van der Waals surface area contributed by atoms with E-state index in [4.69, 9.17) is 11.5 Å². The van der Waals surface area contributed by atoms with Crippen LogP contribution in [-0.4, -0.2) is 0 Å². The summed E-state index contributed by atoms with van der Waals surface area (Å²) < 4.78 is 0. The van der Waals surface area contributed by atoms with Crippen LogP contribution < -0.4 is 11.5 Å². The third kappa shape index (κ3) is 2.67. The van der Waals surface area contributed by atoms with Gasteiger partial charge in [0.05, 0.1) is 0 Å². The van der Waals surface area contributed by atoms with Gasteiger partial charge < -0.3 is 11.5 Å². The molecular weight excluding hydrogens is 204 g/mol.